The normalized spacial score (nSPS) is 11.1. The van der Waals surface area contributed by atoms with Crippen LogP contribution in [0, 0.1) is 5.82 Å². The standard InChI is InChI=1S/C19H15FN4O2/c20-14-5-6-15-17(9-14)24(19(26)16-4-2-8-23(15)16)12-18(25)22-11-13-3-1-7-21-10-13/h1-10H,11-12H2,(H,22,25). The van der Waals surface area contributed by atoms with Gasteiger partial charge in [0.2, 0.25) is 5.91 Å². The summed E-state index contributed by atoms with van der Waals surface area (Å²) < 4.78 is 16.7. The Morgan fingerprint density at radius 2 is 2.00 bits per heavy atom. The quantitative estimate of drug-likeness (QED) is 0.613. The number of nitrogens with one attached hydrogen (secondary N) is 1. The van der Waals surface area contributed by atoms with E-state index in [0.29, 0.717) is 23.1 Å². The molecule has 3 heterocycles. The molecule has 6 nitrogen and oxygen atoms in total. The van der Waals surface area contributed by atoms with E-state index in [9.17, 15) is 14.0 Å². The number of carbonyl (C=O) groups is 1. The smallest absolute Gasteiger partial charge is 0.275 e. The van der Waals surface area contributed by atoms with Crippen LogP contribution in [-0.4, -0.2) is 19.9 Å². The van der Waals surface area contributed by atoms with Gasteiger partial charge in [-0.3, -0.25) is 19.1 Å². The molecule has 1 amide bonds. The Morgan fingerprint density at radius 1 is 1.12 bits per heavy atom. The van der Waals surface area contributed by atoms with E-state index in [1.54, 1.807) is 47.3 Å². The molecule has 0 aliphatic rings. The minimum absolute atomic E-state index is 0.194. The Balaban J connectivity index is 1.70. The third-order valence-electron chi connectivity index (χ3n) is 4.22. The molecule has 0 aliphatic carbocycles. The highest BCUT2D eigenvalue weighted by Crippen LogP contribution is 2.16. The van der Waals surface area contributed by atoms with Gasteiger partial charge in [0.05, 0.1) is 11.0 Å². The van der Waals surface area contributed by atoms with E-state index in [0.717, 1.165) is 5.56 Å². The van der Waals surface area contributed by atoms with Crippen LogP contribution in [0.5, 0.6) is 0 Å². The second kappa shape index (κ2) is 6.44. The van der Waals surface area contributed by atoms with Gasteiger partial charge in [0.1, 0.15) is 17.9 Å². The number of fused-ring (bicyclic) bond motifs is 3. The van der Waals surface area contributed by atoms with Crippen LogP contribution in [0.15, 0.2) is 65.8 Å². The average molecular weight is 350 g/mol. The molecule has 1 aromatic carbocycles. The van der Waals surface area contributed by atoms with E-state index >= 15 is 0 Å². The van der Waals surface area contributed by atoms with Crippen LogP contribution in [0.3, 0.4) is 0 Å². The summed E-state index contributed by atoms with van der Waals surface area (Å²) in [5, 5.41) is 2.76. The highest BCUT2D eigenvalue weighted by Gasteiger charge is 2.14. The third-order valence-corrected chi connectivity index (χ3v) is 4.22. The zero-order chi connectivity index (χ0) is 18.1. The number of carbonyl (C=O) groups excluding carboxylic acids is 1. The van der Waals surface area contributed by atoms with Crippen LogP contribution >= 0.6 is 0 Å². The summed E-state index contributed by atoms with van der Waals surface area (Å²) in [6.45, 7) is 0.113. The summed E-state index contributed by atoms with van der Waals surface area (Å²) in [7, 11) is 0. The zero-order valence-electron chi connectivity index (χ0n) is 13.7. The Kier molecular flexibility index (Phi) is 3.96. The molecule has 0 spiro atoms. The maximum absolute atomic E-state index is 13.7. The van der Waals surface area contributed by atoms with Crippen LogP contribution in [0.1, 0.15) is 5.56 Å². The Hall–Kier alpha value is -3.48. The van der Waals surface area contributed by atoms with Crippen molar-refractivity contribution < 1.29 is 9.18 Å². The van der Waals surface area contributed by atoms with E-state index in [1.807, 2.05) is 6.07 Å². The lowest BCUT2D eigenvalue weighted by molar-refractivity contribution is -0.121. The van der Waals surface area contributed by atoms with Gasteiger partial charge in [0.25, 0.3) is 5.56 Å². The molecule has 0 radical (unpaired) electrons. The molecule has 26 heavy (non-hydrogen) atoms. The van der Waals surface area contributed by atoms with Crippen molar-refractivity contribution in [1.29, 1.82) is 0 Å². The van der Waals surface area contributed by atoms with Crippen molar-refractivity contribution in [2.45, 2.75) is 13.1 Å². The van der Waals surface area contributed by atoms with Crippen molar-refractivity contribution in [2.24, 2.45) is 0 Å². The number of benzene rings is 1. The minimum atomic E-state index is -0.465. The van der Waals surface area contributed by atoms with Crippen LogP contribution in [0.25, 0.3) is 16.6 Å². The van der Waals surface area contributed by atoms with Crippen LogP contribution in [0.4, 0.5) is 4.39 Å². The van der Waals surface area contributed by atoms with Gasteiger partial charge in [-0.2, -0.15) is 0 Å². The van der Waals surface area contributed by atoms with Gasteiger partial charge < -0.3 is 9.72 Å². The zero-order valence-corrected chi connectivity index (χ0v) is 13.7. The fourth-order valence-electron chi connectivity index (χ4n) is 2.99. The van der Waals surface area contributed by atoms with Gasteiger partial charge >= 0.3 is 0 Å². The second-order valence-corrected chi connectivity index (χ2v) is 5.93. The topological polar surface area (TPSA) is 68.4 Å². The van der Waals surface area contributed by atoms with Gasteiger partial charge in [0.15, 0.2) is 0 Å². The highest BCUT2D eigenvalue weighted by molar-refractivity contribution is 5.82. The largest absolute Gasteiger partial charge is 0.350 e. The Labute approximate surface area is 147 Å². The first-order chi connectivity index (χ1) is 12.6. The second-order valence-electron chi connectivity index (χ2n) is 5.93. The first-order valence-electron chi connectivity index (χ1n) is 8.08. The molecule has 0 fully saturated rings. The number of pyridine rings is 1. The van der Waals surface area contributed by atoms with Crippen molar-refractivity contribution >= 4 is 22.5 Å². The molecule has 3 aromatic heterocycles. The summed E-state index contributed by atoms with van der Waals surface area (Å²) >= 11 is 0. The lowest BCUT2D eigenvalue weighted by Gasteiger charge is -2.13. The maximum atomic E-state index is 13.7. The van der Waals surface area contributed by atoms with Crippen LogP contribution in [-0.2, 0) is 17.9 Å². The predicted molar refractivity (Wildman–Crippen MR) is 95.2 cm³/mol. The summed E-state index contributed by atoms with van der Waals surface area (Å²) in [4.78, 5) is 29.1. The molecule has 0 unspecified atom stereocenters. The van der Waals surface area contributed by atoms with Gasteiger partial charge in [-0.1, -0.05) is 6.07 Å². The predicted octanol–water partition coefficient (Wildman–Crippen LogP) is 2.10. The van der Waals surface area contributed by atoms with E-state index in [4.69, 9.17) is 0 Å². The molecule has 7 heteroatoms. The van der Waals surface area contributed by atoms with Crippen molar-refractivity contribution in [3.63, 3.8) is 0 Å². The maximum Gasteiger partial charge on any atom is 0.275 e. The Morgan fingerprint density at radius 3 is 2.81 bits per heavy atom. The van der Waals surface area contributed by atoms with Crippen molar-refractivity contribution in [3.05, 3.63) is 82.8 Å². The number of halogens is 1. The molecule has 0 atom stereocenters. The summed E-state index contributed by atoms with van der Waals surface area (Å²) in [5.41, 5.74) is 1.97. The lowest BCUT2D eigenvalue weighted by atomic mass is 10.2. The van der Waals surface area contributed by atoms with Crippen LogP contribution in [0.2, 0.25) is 0 Å². The SMILES string of the molecule is O=C(Cn1c(=O)c2cccn2c2ccc(F)cc21)NCc1cccnc1. The highest BCUT2D eigenvalue weighted by atomic mass is 19.1. The molecule has 130 valence electrons. The number of nitrogens with zero attached hydrogens (tertiary/aromatic N) is 3. The number of hydrogen-bond acceptors (Lipinski definition) is 3. The fourth-order valence-corrected chi connectivity index (χ4v) is 2.99. The van der Waals surface area contributed by atoms with Crippen molar-refractivity contribution in [3.8, 4) is 0 Å². The lowest BCUT2D eigenvalue weighted by Crippen LogP contribution is -2.33. The number of hydrogen-bond donors (Lipinski definition) is 1. The summed E-state index contributed by atoms with van der Waals surface area (Å²) in [6.07, 6.45) is 5.05. The number of aromatic nitrogens is 3. The van der Waals surface area contributed by atoms with E-state index in [-0.39, 0.29) is 18.0 Å². The summed E-state index contributed by atoms with van der Waals surface area (Å²) in [6, 6.07) is 11.2. The fraction of sp³-hybridized carbons (Fsp3) is 0.105. The van der Waals surface area contributed by atoms with Gasteiger partial charge in [-0.15, -0.1) is 0 Å². The molecule has 0 bridgehead atoms. The molecule has 0 aliphatic heterocycles. The minimum Gasteiger partial charge on any atom is -0.350 e. The molecule has 4 aromatic rings. The molecular formula is C19H15FN4O2. The number of amides is 1. The van der Waals surface area contributed by atoms with Crippen molar-refractivity contribution in [2.75, 3.05) is 0 Å². The average Bonchev–Trinajstić information content (AvgIpc) is 3.14. The van der Waals surface area contributed by atoms with Crippen LogP contribution < -0.4 is 10.9 Å². The van der Waals surface area contributed by atoms with E-state index in [2.05, 4.69) is 10.3 Å². The van der Waals surface area contributed by atoms with E-state index < -0.39 is 5.82 Å². The molecule has 0 saturated carbocycles. The summed E-state index contributed by atoms with van der Waals surface area (Å²) in [5.74, 6) is -0.801. The monoisotopic (exact) mass is 350 g/mol. The first kappa shape index (κ1) is 16.0. The molecule has 4 rings (SSSR count). The third kappa shape index (κ3) is 2.83. The van der Waals surface area contributed by atoms with Gasteiger partial charge in [-0.05, 0) is 42.0 Å². The van der Waals surface area contributed by atoms with Gasteiger partial charge in [-0.25, -0.2) is 4.39 Å². The van der Waals surface area contributed by atoms with E-state index in [1.165, 1.54) is 16.7 Å². The molecular weight excluding hydrogens is 335 g/mol. The molecule has 0 saturated heterocycles. The Bertz CT molecular complexity index is 1160. The first-order valence-corrected chi connectivity index (χ1v) is 8.08. The number of rotatable bonds is 4. The molecule has 1 N–H and O–H groups in total. The van der Waals surface area contributed by atoms with Crippen molar-refractivity contribution in [1.82, 2.24) is 19.3 Å². The van der Waals surface area contributed by atoms with Gasteiger partial charge in [0, 0.05) is 25.1 Å².